The number of nitriles is 1. The van der Waals surface area contributed by atoms with Crippen LogP contribution in [-0.4, -0.2) is 24.7 Å². The highest BCUT2D eigenvalue weighted by atomic mass is 16.5. The number of amides is 1. The molecule has 0 radical (unpaired) electrons. The molecule has 1 rings (SSSR count). The fraction of sp³-hybridized carbons (Fsp3) is 0.619. The zero-order valence-corrected chi connectivity index (χ0v) is 16.6. The number of hydrogen-bond donors (Lipinski definition) is 1. The molecule has 1 aromatic carbocycles. The number of rotatable bonds is 12. The van der Waals surface area contributed by atoms with Crippen molar-refractivity contribution < 1.29 is 14.3 Å². The van der Waals surface area contributed by atoms with Crippen LogP contribution < -0.4 is 10.1 Å². The minimum absolute atomic E-state index is 0.216. The molecule has 26 heavy (non-hydrogen) atoms. The Morgan fingerprint density at radius 3 is 2.54 bits per heavy atom. The summed E-state index contributed by atoms with van der Waals surface area (Å²) in [6.45, 7) is 9.00. The number of ether oxygens (including phenoxy) is 2. The van der Waals surface area contributed by atoms with Crippen LogP contribution in [0.3, 0.4) is 0 Å². The van der Waals surface area contributed by atoms with E-state index in [1.54, 1.807) is 18.2 Å². The summed E-state index contributed by atoms with van der Waals surface area (Å²) in [5, 5.41) is 12.3. The molecule has 1 atom stereocenters. The van der Waals surface area contributed by atoms with Crippen molar-refractivity contribution in [3.63, 3.8) is 0 Å². The van der Waals surface area contributed by atoms with Crippen molar-refractivity contribution in [3.05, 3.63) is 23.8 Å². The van der Waals surface area contributed by atoms with Crippen LogP contribution in [0.1, 0.15) is 71.8 Å². The third kappa shape index (κ3) is 6.68. The second-order valence-electron chi connectivity index (χ2n) is 6.60. The molecule has 0 spiro atoms. The molecule has 0 saturated carbocycles. The molecular weight excluding hydrogens is 328 g/mol. The van der Waals surface area contributed by atoms with Gasteiger partial charge >= 0.3 is 0 Å². The maximum atomic E-state index is 12.8. The van der Waals surface area contributed by atoms with Gasteiger partial charge in [-0.1, -0.05) is 39.5 Å². The van der Waals surface area contributed by atoms with Crippen LogP contribution in [-0.2, 0) is 9.53 Å². The lowest BCUT2D eigenvalue weighted by Gasteiger charge is -2.28. The summed E-state index contributed by atoms with van der Waals surface area (Å²) in [6.07, 6.45) is 5.74. The van der Waals surface area contributed by atoms with Crippen LogP contribution >= 0.6 is 0 Å². The highest BCUT2D eigenvalue weighted by Gasteiger charge is 2.33. The van der Waals surface area contributed by atoms with Gasteiger partial charge in [0, 0.05) is 6.61 Å². The monoisotopic (exact) mass is 360 g/mol. The first-order valence-corrected chi connectivity index (χ1v) is 9.63. The van der Waals surface area contributed by atoms with Crippen LogP contribution in [0.15, 0.2) is 18.2 Å². The zero-order chi connectivity index (χ0) is 19.4. The molecule has 0 bridgehead atoms. The molecule has 0 aliphatic heterocycles. The van der Waals surface area contributed by atoms with Gasteiger partial charge in [0.25, 0.3) is 5.91 Å². The molecular formula is C21H32N2O3. The predicted octanol–water partition coefficient (Wildman–Crippen LogP) is 5.05. The van der Waals surface area contributed by atoms with E-state index in [-0.39, 0.29) is 5.91 Å². The second kappa shape index (κ2) is 11.5. The van der Waals surface area contributed by atoms with Gasteiger partial charge < -0.3 is 14.8 Å². The van der Waals surface area contributed by atoms with Crippen molar-refractivity contribution in [1.29, 1.82) is 5.26 Å². The zero-order valence-electron chi connectivity index (χ0n) is 16.6. The topological polar surface area (TPSA) is 71.3 Å². The lowest BCUT2D eigenvalue weighted by atomic mass is 9.96. The van der Waals surface area contributed by atoms with Crippen molar-refractivity contribution in [2.45, 2.75) is 71.8 Å². The third-order valence-electron chi connectivity index (χ3n) is 4.33. The Hall–Kier alpha value is -2.06. The van der Waals surface area contributed by atoms with Crippen molar-refractivity contribution in [2.24, 2.45) is 0 Å². The first-order valence-electron chi connectivity index (χ1n) is 9.63. The number of benzene rings is 1. The van der Waals surface area contributed by atoms with Crippen molar-refractivity contribution in [2.75, 3.05) is 18.5 Å². The molecule has 0 heterocycles. The second-order valence-corrected chi connectivity index (χ2v) is 6.60. The third-order valence-corrected chi connectivity index (χ3v) is 4.33. The minimum Gasteiger partial charge on any atom is -0.494 e. The summed E-state index contributed by atoms with van der Waals surface area (Å²) in [7, 11) is 0. The fourth-order valence-corrected chi connectivity index (χ4v) is 2.69. The van der Waals surface area contributed by atoms with Gasteiger partial charge in [-0.2, -0.15) is 5.26 Å². The van der Waals surface area contributed by atoms with Gasteiger partial charge in [-0.25, -0.2) is 0 Å². The quantitative estimate of drug-likeness (QED) is 0.529. The van der Waals surface area contributed by atoms with E-state index >= 15 is 0 Å². The first kappa shape index (κ1) is 22.0. The Bertz CT molecular complexity index is 610. The van der Waals surface area contributed by atoms with Crippen molar-refractivity contribution >= 4 is 11.6 Å². The van der Waals surface area contributed by atoms with Crippen LogP contribution in [0.25, 0.3) is 0 Å². The van der Waals surface area contributed by atoms with Gasteiger partial charge in [-0.3, -0.25) is 4.79 Å². The summed E-state index contributed by atoms with van der Waals surface area (Å²) >= 11 is 0. The lowest BCUT2D eigenvalue weighted by molar-refractivity contribution is -0.139. The predicted molar refractivity (Wildman–Crippen MR) is 104 cm³/mol. The number of carbonyl (C=O) groups excluding carboxylic acids is 1. The van der Waals surface area contributed by atoms with Crippen molar-refractivity contribution in [1.82, 2.24) is 0 Å². The van der Waals surface area contributed by atoms with Crippen LogP contribution in [0, 0.1) is 11.3 Å². The van der Waals surface area contributed by atoms with Crippen LogP contribution in [0.5, 0.6) is 5.75 Å². The average molecular weight is 360 g/mol. The van der Waals surface area contributed by atoms with E-state index in [1.165, 1.54) is 0 Å². The maximum Gasteiger partial charge on any atom is 0.256 e. The molecule has 5 nitrogen and oxygen atoms in total. The number of carbonyl (C=O) groups is 1. The minimum atomic E-state index is -0.896. The number of nitrogens with one attached hydrogen (secondary N) is 1. The average Bonchev–Trinajstić information content (AvgIpc) is 2.63. The molecule has 0 saturated heterocycles. The number of anilines is 1. The molecule has 1 aromatic rings. The Morgan fingerprint density at radius 2 is 1.92 bits per heavy atom. The molecule has 0 aliphatic rings. The molecule has 0 unspecified atom stereocenters. The fourth-order valence-electron chi connectivity index (χ4n) is 2.69. The molecule has 5 heteroatoms. The molecule has 144 valence electrons. The SMILES string of the molecule is CCCCC[C@@](C)(OCC)C(=O)Nc1ccc(OCCCC)cc1C#N. The highest BCUT2D eigenvalue weighted by molar-refractivity contribution is 5.98. The summed E-state index contributed by atoms with van der Waals surface area (Å²) in [5.74, 6) is 0.426. The van der Waals surface area contributed by atoms with Gasteiger partial charge in [-0.15, -0.1) is 0 Å². The Balaban J connectivity index is 2.86. The van der Waals surface area contributed by atoms with E-state index in [4.69, 9.17) is 9.47 Å². The van der Waals surface area contributed by atoms with Gasteiger partial charge in [0.1, 0.15) is 17.4 Å². The molecule has 1 N–H and O–H groups in total. The largest absolute Gasteiger partial charge is 0.494 e. The number of hydrogen-bond acceptors (Lipinski definition) is 4. The van der Waals surface area contributed by atoms with E-state index in [2.05, 4.69) is 25.2 Å². The van der Waals surface area contributed by atoms with Crippen LogP contribution in [0.4, 0.5) is 5.69 Å². The summed E-state index contributed by atoms with van der Waals surface area (Å²) in [6, 6.07) is 7.30. The van der Waals surface area contributed by atoms with E-state index in [1.807, 2.05) is 13.8 Å². The highest BCUT2D eigenvalue weighted by Crippen LogP contribution is 2.26. The first-order chi connectivity index (χ1) is 12.5. The van der Waals surface area contributed by atoms with Gasteiger partial charge in [0.2, 0.25) is 0 Å². The Labute approximate surface area is 157 Å². The Kier molecular flexibility index (Phi) is 9.75. The van der Waals surface area contributed by atoms with E-state index in [9.17, 15) is 10.1 Å². The molecule has 0 fully saturated rings. The maximum absolute atomic E-state index is 12.8. The smallest absolute Gasteiger partial charge is 0.256 e. The van der Waals surface area contributed by atoms with Gasteiger partial charge in [0.05, 0.1) is 17.9 Å². The van der Waals surface area contributed by atoms with Crippen molar-refractivity contribution in [3.8, 4) is 11.8 Å². The number of nitrogens with zero attached hydrogens (tertiary/aromatic N) is 1. The molecule has 0 aliphatic carbocycles. The Morgan fingerprint density at radius 1 is 1.19 bits per heavy atom. The molecule has 0 aromatic heterocycles. The number of unbranched alkanes of at least 4 members (excludes halogenated alkanes) is 3. The van der Waals surface area contributed by atoms with E-state index < -0.39 is 5.60 Å². The lowest BCUT2D eigenvalue weighted by Crippen LogP contribution is -2.43. The summed E-state index contributed by atoms with van der Waals surface area (Å²) in [4.78, 5) is 12.8. The van der Waals surface area contributed by atoms with E-state index in [0.29, 0.717) is 36.6 Å². The van der Waals surface area contributed by atoms with Gasteiger partial charge in [-0.05, 0) is 44.9 Å². The van der Waals surface area contributed by atoms with E-state index in [0.717, 1.165) is 32.1 Å². The summed E-state index contributed by atoms with van der Waals surface area (Å²) < 4.78 is 11.4. The van der Waals surface area contributed by atoms with Crippen LogP contribution in [0.2, 0.25) is 0 Å². The molecule has 1 amide bonds. The standard InChI is InChI=1S/C21H32N2O3/c1-5-8-10-13-21(4,26-7-3)20(24)23-19-12-11-18(15-17(19)16-22)25-14-9-6-2/h11-12,15H,5-10,13-14H2,1-4H3,(H,23,24)/t21-/m1/s1. The normalized spacial score (nSPS) is 12.9. The van der Waals surface area contributed by atoms with Gasteiger partial charge in [0.15, 0.2) is 0 Å². The summed E-state index contributed by atoms with van der Waals surface area (Å²) in [5.41, 5.74) is -0.0195.